The standard InChI is InChI=1S/C22H18N4OS2/c1-14-5-10-18(12-15(14)2)29-22-19(4-3-11-23-22)21(27)24-17-8-6-16(7-9-17)20-13-28-26-25-20/h3-13H,1-2H3,(H,24,27). The Morgan fingerprint density at radius 1 is 1.03 bits per heavy atom. The lowest BCUT2D eigenvalue weighted by Gasteiger charge is -2.10. The fourth-order valence-electron chi connectivity index (χ4n) is 2.75. The normalized spacial score (nSPS) is 10.7. The van der Waals surface area contributed by atoms with Crippen molar-refractivity contribution < 1.29 is 4.79 Å². The van der Waals surface area contributed by atoms with E-state index in [2.05, 4.69) is 51.9 Å². The Kier molecular flexibility index (Phi) is 5.69. The first-order valence-electron chi connectivity index (χ1n) is 8.99. The molecule has 4 aromatic rings. The minimum absolute atomic E-state index is 0.187. The van der Waals surface area contributed by atoms with E-state index in [-0.39, 0.29) is 5.91 Å². The van der Waals surface area contributed by atoms with Gasteiger partial charge in [0.25, 0.3) is 5.91 Å². The summed E-state index contributed by atoms with van der Waals surface area (Å²) in [5, 5.41) is 9.58. The van der Waals surface area contributed by atoms with Gasteiger partial charge in [-0.1, -0.05) is 34.4 Å². The van der Waals surface area contributed by atoms with Crippen LogP contribution < -0.4 is 5.32 Å². The summed E-state index contributed by atoms with van der Waals surface area (Å²) in [5.41, 5.74) is 5.50. The number of anilines is 1. The SMILES string of the molecule is Cc1ccc(Sc2ncccc2C(=O)Nc2ccc(-c3csnn3)cc2)cc1C. The quantitative estimate of drug-likeness (QED) is 0.455. The van der Waals surface area contributed by atoms with Crippen molar-refractivity contribution in [3.63, 3.8) is 0 Å². The van der Waals surface area contributed by atoms with Crippen LogP contribution in [0.1, 0.15) is 21.5 Å². The molecule has 5 nitrogen and oxygen atoms in total. The molecule has 1 amide bonds. The highest BCUT2D eigenvalue weighted by atomic mass is 32.2. The molecule has 2 aromatic carbocycles. The number of aryl methyl sites for hydroxylation is 2. The zero-order chi connectivity index (χ0) is 20.2. The van der Waals surface area contributed by atoms with Gasteiger partial charge in [0.15, 0.2) is 0 Å². The van der Waals surface area contributed by atoms with Gasteiger partial charge in [-0.2, -0.15) is 0 Å². The van der Waals surface area contributed by atoms with Crippen LogP contribution >= 0.6 is 23.3 Å². The summed E-state index contributed by atoms with van der Waals surface area (Å²) in [4.78, 5) is 18.4. The number of hydrogen-bond acceptors (Lipinski definition) is 6. The number of nitrogens with zero attached hydrogens (tertiary/aromatic N) is 3. The van der Waals surface area contributed by atoms with Crippen molar-refractivity contribution >= 4 is 34.9 Å². The highest BCUT2D eigenvalue weighted by molar-refractivity contribution is 7.99. The third-order valence-electron chi connectivity index (χ3n) is 4.51. The summed E-state index contributed by atoms with van der Waals surface area (Å²) in [6.45, 7) is 4.16. The largest absolute Gasteiger partial charge is 0.322 e. The molecule has 0 atom stereocenters. The fraction of sp³-hybridized carbons (Fsp3) is 0.0909. The molecule has 0 aliphatic rings. The number of rotatable bonds is 5. The Hall–Kier alpha value is -3.03. The smallest absolute Gasteiger partial charge is 0.258 e. The second-order valence-electron chi connectivity index (χ2n) is 6.53. The van der Waals surface area contributed by atoms with Crippen molar-refractivity contribution in [3.8, 4) is 11.3 Å². The maximum absolute atomic E-state index is 12.9. The molecule has 0 aliphatic carbocycles. The molecule has 0 fully saturated rings. The van der Waals surface area contributed by atoms with Crippen LogP contribution in [0.2, 0.25) is 0 Å². The minimum atomic E-state index is -0.187. The average molecular weight is 419 g/mol. The van der Waals surface area contributed by atoms with E-state index < -0.39 is 0 Å². The maximum atomic E-state index is 12.9. The molecule has 1 N–H and O–H groups in total. The molecular formula is C22H18N4OS2. The van der Waals surface area contributed by atoms with Crippen LogP contribution in [-0.4, -0.2) is 20.5 Å². The summed E-state index contributed by atoms with van der Waals surface area (Å²) < 4.78 is 3.88. The van der Waals surface area contributed by atoms with Gasteiger partial charge >= 0.3 is 0 Å². The predicted octanol–water partition coefficient (Wildman–Crippen LogP) is 5.62. The van der Waals surface area contributed by atoms with Gasteiger partial charge in [0.1, 0.15) is 10.7 Å². The molecule has 0 unspecified atom stereocenters. The average Bonchev–Trinajstić information content (AvgIpc) is 3.26. The zero-order valence-corrected chi connectivity index (χ0v) is 17.6. The number of aromatic nitrogens is 3. The second kappa shape index (κ2) is 8.55. The first kappa shape index (κ1) is 19.3. The van der Waals surface area contributed by atoms with E-state index in [4.69, 9.17) is 0 Å². The van der Waals surface area contributed by atoms with Crippen LogP contribution in [0.5, 0.6) is 0 Å². The molecular weight excluding hydrogens is 400 g/mol. The van der Waals surface area contributed by atoms with Crippen LogP contribution in [0, 0.1) is 13.8 Å². The van der Waals surface area contributed by atoms with Crippen LogP contribution in [0.4, 0.5) is 5.69 Å². The number of nitrogens with one attached hydrogen (secondary N) is 1. The fourth-order valence-corrected chi connectivity index (χ4v) is 4.19. The van der Waals surface area contributed by atoms with E-state index in [1.165, 1.54) is 34.4 Å². The number of carbonyl (C=O) groups is 1. The Morgan fingerprint density at radius 2 is 1.86 bits per heavy atom. The van der Waals surface area contributed by atoms with E-state index in [1.54, 1.807) is 18.3 Å². The topological polar surface area (TPSA) is 67.8 Å². The Labute approximate surface area is 177 Å². The van der Waals surface area contributed by atoms with Crippen molar-refractivity contribution in [2.45, 2.75) is 23.8 Å². The molecule has 29 heavy (non-hydrogen) atoms. The molecule has 2 aromatic heterocycles. The highest BCUT2D eigenvalue weighted by Gasteiger charge is 2.14. The van der Waals surface area contributed by atoms with Crippen LogP contribution in [0.15, 0.2) is 76.1 Å². The first-order valence-corrected chi connectivity index (χ1v) is 10.6. The second-order valence-corrected chi connectivity index (χ2v) is 8.20. The monoisotopic (exact) mass is 418 g/mol. The van der Waals surface area contributed by atoms with Gasteiger partial charge in [-0.25, -0.2) is 4.98 Å². The lowest BCUT2D eigenvalue weighted by Crippen LogP contribution is -2.13. The lowest BCUT2D eigenvalue weighted by atomic mass is 10.1. The van der Waals surface area contributed by atoms with E-state index >= 15 is 0 Å². The molecule has 0 aliphatic heterocycles. The molecule has 7 heteroatoms. The van der Waals surface area contributed by atoms with Gasteiger partial charge in [-0.05, 0) is 72.9 Å². The summed E-state index contributed by atoms with van der Waals surface area (Å²) in [6.07, 6.45) is 1.71. The molecule has 2 heterocycles. The Morgan fingerprint density at radius 3 is 2.59 bits per heavy atom. The van der Waals surface area contributed by atoms with Crippen molar-refractivity contribution in [2.75, 3.05) is 5.32 Å². The van der Waals surface area contributed by atoms with Crippen molar-refractivity contribution in [3.05, 3.63) is 82.9 Å². The van der Waals surface area contributed by atoms with E-state index in [0.717, 1.165) is 16.2 Å². The van der Waals surface area contributed by atoms with Gasteiger partial charge < -0.3 is 5.32 Å². The number of carbonyl (C=O) groups excluding carboxylic acids is 1. The molecule has 0 saturated carbocycles. The van der Waals surface area contributed by atoms with Gasteiger partial charge in [-0.3, -0.25) is 4.79 Å². The van der Waals surface area contributed by atoms with Crippen molar-refractivity contribution in [2.24, 2.45) is 0 Å². The predicted molar refractivity (Wildman–Crippen MR) is 118 cm³/mol. The van der Waals surface area contributed by atoms with Crippen LogP contribution in [-0.2, 0) is 0 Å². The minimum Gasteiger partial charge on any atom is -0.322 e. The lowest BCUT2D eigenvalue weighted by molar-refractivity contribution is 0.102. The third-order valence-corrected chi connectivity index (χ3v) is 6.02. The van der Waals surface area contributed by atoms with Crippen LogP contribution in [0.3, 0.4) is 0 Å². The van der Waals surface area contributed by atoms with E-state index in [9.17, 15) is 4.79 Å². The van der Waals surface area contributed by atoms with Crippen molar-refractivity contribution in [1.82, 2.24) is 14.6 Å². The summed E-state index contributed by atoms with van der Waals surface area (Å²) in [7, 11) is 0. The third kappa shape index (κ3) is 4.52. The van der Waals surface area contributed by atoms with E-state index in [0.29, 0.717) is 16.3 Å². The molecule has 0 bridgehead atoms. The number of pyridine rings is 1. The Bertz CT molecular complexity index is 1140. The van der Waals surface area contributed by atoms with Gasteiger partial charge in [-0.15, -0.1) is 5.10 Å². The number of hydrogen-bond donors (Lipinski definition) is 1. The summed E-state index contributed by atoms with van der Waals surface area (Å²) in [6, 6.07) is 17.4. The Balaban J connectivity index is 1.52. The maximum Gasteiger partial charge on any atom is 0.258 e. The van der Waals surface area contributed by atoms with E-state index in [1.807, 2.05) is 29.6 Å². The summed E-state index contributed by atoms with van der Waals surface area (Å²) >= 11 is 2.80. The molecule has 0 spiro atoms. The first-order chi connectivity index (χ1) is 14.1. The molecule has 0 radical (unpaired) electrons. The molecule has 4 rings (SSSR count). The number of benzene rings is 2. The molecule has 144 valence electrons. The van der Waals surface area contributed by atoms with Crippen molar-refractivity contribution in [1.29, 1.82) is 0 Å². The van der Waals surface area contributed by atoms with Gasteiger partial charge in [0.05, 0.1) is 5.56 Å². The zero-order valence-electron chi connectivity index (χ0n) is 15.9. The summed E-state index contributed by atoms with van der Waals surface area (Å²) in [5.74, 6) is -0.187. The highest BCUT2D eigenvalue weighted by Crippen LogP contribution is 2.30. The van der Waals surface area contributed by atoms with Gasteiger partial charge in [0, 0.05) is 27.7 Å². The molecule has 0 saturated heterocycles. The van der Waals surface area contributed by atoms with Gasteiger partial charge in [0.2, 0.25) is 0 Å². The number of amides is 1. The van der Waals surface area contributed by atoms with Crippen LogP contribution in [0.25, 0.3) is 11.3 Å².